The molecular weight excluding hydrogens is 1290 g/mol. The summed E-state index contributed by atoms with van der Waals surface area (Å²) in [5.74, 6) is 42.5. The van der Waals surface area contributed by atoms with Crippen LogP contribution in [0, 0.1) is 71.0 Å². The van der Waals surface area contributed by atoms with Crippen molar-refractivity contribution in [1.82, 2.24) is 29.9 Å². The van der Waals surface area contributed by atoms with Crippen molar-refractivity contribution in [3.8, 4) is 71.0 Å². The van der Waals surface area contributed by atoms with E-state index in [0.29, 0.717) is 66.2 Å². The summed E-state index contributed by atoms with van der Waals surface area (Å²) in [6.45, 7) is 13.4. The van der Waals surface area contributed by atoms with Gasteiger partial charge < -0.3 is 0 Å². The molecule has 0 fully saturated rings. The van der Waals surface area contributed by atoms with E-state index < -0.39 is 0 Å². The second-order valence-electron chi connectivity index (χ2n) is 24.1. The van der Waals surface area contributed by atoms with Gasteiger partial charge in [-0.25, -0.2) is 29.9 Å². The van der Waals surface area contributed by atoms with Crippen LogP contribution in [0.4, 0.5) is 0 Å². The molecule has 0 unspecified atom stereocenters. The van der Waals surface area contributed by atoms with E-state index in [1.807, 2.05) is 36.4 Å². The Hall–Kier alpha value is -8.76. The maximum atomic E-state index is 5.57. The third-order valence-electron chi connectivity index (χ3n) is 16.6. The predicted molar refractivity (Wildman–Crippen MR) is 412 cm³/mol. The first-order valence-electron chi connectivity index (χ1n) is 33.9. The highest BCUT2D eigenvalue weighted by molar-refractivity contribution is 7.14. The Balaban J connectivity index is 1.05. The van der Waals surface area contributed by atoms with E-state index >= 15 is 0 Å². The molecular formula is C84H72N6S6. The summed E-state index contributed by atoms with van der Waals surface area (Å²) in [7, 11) is 0. The minimum Gasteiger partial charge on any atom is -0.242 e. The lowest BCUT2D eigenvalue weighted by Crippen LogP contribution is -2.01. The summed E-state index contributed by atoms with van der Waals surface area (Å²) < 4.78 is 0. The van der Waals surface area contributed by atoms with Crippen molar-refractivity contribution in [2.24, 2.45) is 0 Å². The Bertz CT molecular complexity index is 4570. The predicted octanol–water partition coefficient (Wildman–Crippen LogP) is 21.8. The van der Waals surface area contributed by atoms with E-state index in [1.165, 1.54) is 29.3 Å². The lowest BCUT2D eigenvalue weighted by Gasteiger charge is -2.12. The van der Waals surface area contributed by atoms with Gasteiger partial charge in [-0.3, -0.25) is 0 Å². The first-order valence-corrected chi connectivity index (χ1v) is 38.8. The molecule has 0 aliphatic heterocycles. The summed E-state index contributed by atoms with van der Waals surface area (Å²) in [6, 6.07) is 38.3. The molecule has 0 N–H and O–H groups in total. The molecule has 0 spiro atoms. The number of hydrogen-bond donors (Lipinski definition) is 0. The van der Waals surface area contributed by atoms with Crippen LogP contribution in [0.2, 0.25) is 0 Å². The number of aryl methyl sites for hydroxylation is 6. The molecule has 0 aliphatic rings. The minimum absolute atomic E-state index is 0.544. The molecule has 0 amide bonds. The second-order valence-corrected chi connectivity index (χ2v) is 31.1. The Labute approximate surface area is 588 Å². The van der Waals surface area contributed by atoms with Gasteiger partial charge in [0.2, 0.25) is 0 Å². The van der Waals surface area contributed by atoms with Crippen molar-refractivity contribution in [2.45, 2.75) is 157 Å². The summed E-state index contributed by atoms with van der Waals surface area (Å²) in [4.78, 5) is 47.5. The lowest BCUT2D eigenvalue weighted by molar-refractivity contribution is 0.804. The molecule has 9 aromatic heterocycles. The molecule has 474 valence electrons. The summed E-state index contributed by atoms with van der Waals surface area (Å²) >= 11 is 10.5. The van der Waals surface area contributed by atoms with Crippen LogP contribution in [0.3, 0.4) is 0 Å². The molecule has 0 bridgehead atoms. The van der Waals surface area contributed by atoms with Crippen LogP contribution in [0.25, 0.3) is 66.2 Å². The fourth-order valence-corrected chi connectivity index (χ4v) is 16.7. The quantitative estimate of drug-likeness (QED) is 0.0484. The Morgan fingerprint density at radius 3 is 0.521 bits per heavy atom. The van der Waals surface area contributed by atoms with Gasteiger partial charge >= 0.3 is 0 Å². The number of aromatic nitrogens is 6. The lowest BCUT2D eigenvalue weighted by atomic mass is 10.0. The average molecular weight is 1360 g/mol. The van der Waals surface area contributed by atoms with Gasteiger partial charge in [0.1, 0.15) is 33.1 Å². The molecule has 0 saturated heterocycles. The van der Waals surface area contributed by atoms with Gasteiger partial charge in [-0.2, -0.15) is 0 Å². The molecule has 13 aromatic rings. The van der Waals surface area contributed by atoms with Crippen LogP contribution in [0.1, 0.15) is 210 Å². The van der Waals surface area contributed by atoms with Gasteiger partial charge in [0.15, 0.2) is 0 Å². The Morgan fingerprint density at radius 1 is 0.219 bits per heavy atom. The summed E-state index contributed by atoms with van der Waals surface area (Å²) in [5, 5.41) is 0. The van der Waals surface area contributed by atoms with Crippen molar-refractivity contribution < 1.29 is 0 Å². The molecule has 9 heterocycles. The number of rotatable bonds is 18. The van der Waals surface area contributed by atoms with Crippen molar-refractivity contribution in [1.29, 1.82) is 0 Å². The van der Waals surface area contributed by atoms with E-state index in [0.717, 1.165) is 178 Å². The van der Waals surface area contributed by atoms with Gasteiger partial charge in [0.05, 0.1) is 62.4 Å². The van der Waals surface area contributed by atoms with Crippen molar-refractivity contribution in [2.75, 3.05) is 0 Å². The monoisotopic (exact) mass is 1360 g/mol. The molecule has 0 saturated carbocycles. The third-order valence-corrected chi connectivity index (χ3v) is 23.0. The zero-order valence-corrected chi connectivity index (χ0v) is 60.2. The maximum Gasteiger partial charge on any atom is 0.120 e. The van der Waals surface area contributed by atoms with E-state index in [2.05, 4.69) is 185 Å². The largest absolute Gasteiger partial charge is 0.242 e. The van der Waals surface area contributed by atoms with Gasteiger partial charge in [-0.1, -0.05) is 151 Å². The highest BCUT2D eigenvalue weighted by Crippen LogP contribution is 2.36. The number of fused-ring (bicyclic) bond motifs is 9. The van der Waals surface area contributed by atoms with Crippen molar-refractivity contribution in [3.63, 3.8) is 0 Å². The molecule has 0 atom stereocenters. The molecule has 6 nitrogen and oxygen atoms in total. The van der Waals surface area contributed by atoms with E-state index in [1.54, 1.807) is 68.0 Å². The van der Waals surface area contributed by atoms with E-state index in [4.69, 9.17) is 29.9 Å². The SMILES string of the molecule is CCCCc1ccc(C#Cc2cc3nc4c5nc6cc(C#Cc7ccc(CCCC)s7)c(C#Cc7ccc(CCCC)s7)cc6nc5c5nc6cc(C#Cc7ccc(CCCC)s7)c(C#Cc7ccc(CCCC)s7)cc6nc5c4nc3cc2C#Cc2ccc(CCCC)s2)s1. The zero-order chi connectivity index (χ0) is 65.7. The number of thiophene rings is 6. The van der Waals surface area contributed by atoms with Crippen LogP contribution < -0.4 is 0 Å². The number of hydrogen-bond acceptors (Lipinski definition) is 12. The first-order chi connectivity index (χ1) is 47.2. The number of benzene rings is 4. The Kier molecular flexibility index (Phi) is 21.6. The minimum atomic E-state index is 0.544. The van der Waals surface area contributed by atoms with Crippen molar-refractivity contribution >= 4 is 134 Å². The van der Waals surface area contributed by atoms with Crippen LogP contribution in [0.5, 0.6) is 0 Å². The third kappa shape index (κ3) is 15.9. The molecule has 13 rings (SSSR count). The highest BCUT2D eigenvalue weighted by Gasteiger charge is 2.21. The number of nitrogens with zero attached hydrogens (tertiary/aromatic N) is 6. The summed E-state index contributed by atoms with van der Waals surface area (Å²) in [6.07, 6.45) is 20.0. The summed E-state index contributed by atoms with van der Waals surface area (Å²) in [5.41, 5.74) is 11.8. The second kappa shape index (κ2) is 31.4. The van der Waals surface area contributed by atoms with E-state index in [9.17, 15) is 0 Å². The standard InChI is InChI=1S/C84H72N6S6/c1-7-13-19-61-37-43-67(91-61)31-25-55-49-73-74(50-56(55)26-32-68-44-38-62(92-68)20-14-8-2)86-80-79(85-73)81-83(89-76-52-58(28-34-70-46-40-64(94-70)22-16-10-4)57(51-75(76)87-81)27-33-69-45-39-63(93-69)21-15-9-3)84-82(80)88-77-53-59(29-35-71-47-41-65(95-71)23-17-11-5)60(54-78(77)90-84)30-36-72-48-42-66(96-72)24-18-12-6/h37-54H,7-24H2,1-6H3. The molecule has 0 radical (unpaired) electrons. The highest BCUT2D eigenvalue weighted by atomic mass is 32.1. The van der Waals surface area contributed by atoms with Crippen LogP contribution in [-0.4, -0.2) is 29.9 Å². The van der Waals surface area contributed by atoms with E-state index in [-0.39, 0.29) is 0 Å². The van der Waals surface area contributed by atoms with Gasteiger partial charge in [-0.05, 0) is 186 Å². The number of unbranched alkanes of at least 4 members (excludes halogenated alkanes) is 6. The van der Waals surface area contributed by atoms with Gasteiger partial charge in [-0.15, -0.1) is 68.0 Å². The zero-order valence-electron chi connectivity index (χ0n) is 55.3. The molecule has 4 aromatic carbocycles. The van der Waals surface area contributed by atoms with Crippen LogP contribution in [-0.2, 0) is 38.5 Å². The van der Waals surface area contributed by atoms with Crippen LogP contribution in [0.15, 0.2) is 109 Å². The fraction of sp³-hybridized carbons (Fsp3) is 0.286. The van der Waals surface area contributed by atoms with Crippen LogP contribution >= 0.6 is 68.0 Å². The fourth-order valence-electron chi connectivity index (χ4n) is 11.3. The Morgan fingerprint density at radius 2 is 0.375 bits per heavy atom. The molecule has 0 aliphatic carbocycles. The van der Waals surface area contributed by atoms with Crippen molar-refractivity contribution in [3.05, 3.63) is 201 Å². The normalized spacial score (nSPS) is 11.1. The maximum absolute atomic E-state index is 5.57. The smallest absolute Gasteiger partial charge is 0.120 e. The van der Waals surface area contributed by atoms with Gasteiger partial charge in [0, 0.05) is 62.6 Å². The first kappa shape index (κ1) is 65.9. The average Bonchev–Trinajstić information content (AvgIpc) is 0.742. The van der Waals surface area contributed by atoms with Gasteiger partial charge in [0.25, 0.3) is 0 Å². The molecule has 96 heavy (non-hydrogen) atoms. The molecule has 12 heteroatoms. The topological polar surface area (TPSA) is 77.3 Å².